The predicted octanol–water partition coefficient (Wildman–Crippen LogP) is 1.75. The van der Waals surface area contributed by atoms with Crippen molar-refractivity contribution in [1.82, 2.24) is 4.90 Å². The van der Waals surface area contributed by atoms with Crippen LogP contribution in [0.2, 0.25) is 0 Å². The highest BCUT2D eigenvalue weighted by molar-refractivity contribution is 5.67. The minimum atomic E-state index is -0.782. The minimum Gasteiger partial charge on any atom is -0.481 e. The van der Waals surface area contributed by atoms with Crippen LogP contribution in [0.5, 0.6) is 0 Å². The number of rotatable bonds is 10. The lowest BCUT2D eigenvalue weighted by atomic mass is 9.88. The number of aliphatic imine (C=N–C) groups is 1. The zero-order valence-electron chi connectivity index (χ0n) is 11.8. The van der Waals surface area contributed by atoms with Crippen LogP contribution in [0.1, 0.15) is 45.4 Å². The molecule has 0 aliphatic carbocycles. The molecule has 0 unspecified atom stereocenters. The first-order valence-corrected chi connectivity index (χ1v) is 7.27. The lowest BCUT2D eigenvalue weighted by Gasteiger charge is -2.33. The maximum atomic E-state index is 11.0. The molecular formula is C14H26N2O3. The Labute approximate surface area is 115 Å². The van der Waals surface area contributed by atoms with E-state index in [0.29, 0.717) is 6.42 Å². The Bertz CT molecular complexity index is 294. The number of hydrogen-bond acceptors (Lipinski definition) is 4. The average Bonchev–Trinajstić information content (AvgIpc) is 2.87. The number of unbranched alkanes of at least 4 members (excludes halogenated alkanes) is 2. The van der Waals surface area contributed by atoms with Gasteiger partial charge in [-0.05, 0) is 18.8 Å². The van der Waals surface area contributed by atoms with E-state index in [4.69, 9.17) is 10.2 Å². The highest BCUT2D eigenvalue weighted by Crippen LogP contribution is 2.24. The van der Waals surface area contributed by atoms with Gasteiger partial charge in [0.05, 0.1) is 19.3 Å². The maximum Gasteiger partial charge on any atom is 0.303 e. The van der Waals surface area contributed by atoms with Crippen LogP contribution >= 0.6 is 0 Å². The first-order chi connectivity index (χ1) is 9.19. The quantitative estimate of drug-likeness (QED) is 0.593. The molecule has 1 aliphatic rings. The van der Waals surface area contributed by atoms with Crippen LogP contribution in [-0.2, 0) is 4.79 Å². The Morgan fingerprint density at radius 2 is 2.21 bits per heavy atom. The average molecular weight is 270 g/mol. The molecule has 0 aromatic carbocycles. The van der Waals surface area contributed by atoms with E-state index in [1.54, 1.807) is 0 Å². The van der Waals surface area contributed by atoms with Gasteiger partial charge in [0.15, 0.2) is 0 Å². The number of carboxylic acids is 1. The Kier molecular flexibility index (Phi) is 7.48. The van der Waals surface area contributed by atoms with E-state index in [1.807, 2.05) is 6.34 Å². The largest absolute Gasteiger partial charge is 0.481 e. The Morgan fingerprint density at radius 1 is 1.42 bits per heavy atom. The van der Waals surface area contributed by atoms with Gasteiger partial charge in [-0.2, -0.15) is 0 Å². The topological polar surface area (TPSA) is 73.1 Å². The second-order valence-electron chi connectivity index (χ2n) is 5.19. The van der Waals surface area contributed by atoms with Crippen molar-refractivity contribution in [3.63, 3.8) is 0 Å². The van der Waals surface area contributed by atoms with E-state index >= 15 is 0 Å². The number of carbonyl (C=O) groups is 1. The number of aliphatic hydroxyl groups excluding tert-OH is 1. The molecule has 0 saturated heterocycles. The van der Waals surface area contributed by atoms with Crippen LogP contribution < -0.4 is 0 Å². The fraction of sp³-hybridized carbons (Fsp3) is 0.857. The molecule has 5 nitrogen and oxygen atoms in total. The van der Waals surface area contributed by atoms with Crippen LogP contribution in [0.15, 0.2) is 4.99 Å². The van der Waals surface area contributed by atoms with Crippen molar-refractivity contribution >= 4 is 12.3 Å². The number of hydrogen-bond donors (Lipinski definition) is 2. The van der Waals surface area contributed by atoms with Crippen molar-refractivity contribution in [3.8, 4) is 0 Å². The monoisotopic (exact) mass is 270 g/mol. The van der Waals surface area contributed by atoms with Gasteiger partial charge in [-0.15, -0.1) is 0 Å². The van der Waals surface area contributed by atoms with Gasteiger partial charge >= 0.3 is 5.97 Å². The summed E-state index contributed by atoms with van der Waals surface area (Å²) < 4.78 is 0. The fourth-order valence-electron chi connectivity index (χ4n) is 2.74. The van der Waals surface area contributed by atoms with Gasteiger partial charge in [-0.1, -0.05) is 26.2 Å². The van der Waals surface area contributed by atoms with E-state index < -0.39 is 5.97 Å². The summed E-state index contributed by atoms with van der Waals surface area (Å²) in [7, 11) is 0. The molecule has 1 aliphatic heterocycles. The molecule has 0 fully saturated rings. The highest BCUT2D eigenvalue weighted by Gasteiger charge is 2.28. The van der Waals surface area contributed by atoms with Gasteiger partial charge in [0.25, 0.3) is 0 Å². The van der Waals surface area contributed by atoms with Crippen molar-refractivity contribution in [1.29, 1.82) is 0 Å². The third-order valence-corrected chi connectivity index (χ3v) is 3.73. The third-order valence-electron chi connectivity index (χ3n) is 3.73. The fourth-order valence-corrected chi connectivity index (χ4v) is 2.74. The molecule has 1 heterocycles. The molecule has 2 N–H and O–H groups in total. The highest BCUT2D eigenvalue weighted by atomic mass is 16.4. The van der Waals surface area contributed by atoms with Crippen molar-refractivity contribution in [3.05, 3.63) is 0 Å². The summed E-state index contributed by atoms with van der Waals surface area (Å²) in [4.78, 5) is 17.4. The first kappa shape index (κ1) is 16.0. The number of carboxylic acid groups (broad SMARTS) is 1. The van der Waals surface area contributed by atoms with E-state index in [9.17, 15) is 4.79 Å². The van der Waals surface area contributed by atoms with E-state index in [1.165, 1.54) is 6.42 Å². The summed E-state index contributed by atoms with van der Waals surface area (Å²) in [5.74, 6) is -0.779. The van der Waals surface area contributed by atoms with Gasteiger partial charge in [-0.25, -0.2) is 0 Å². The van der Waals surface area contributed by atoms with Gasteiger partial charge in [0, 0.05) is 19.2 Å². The summed E-state index contributed by atoms with van der Waals surface area (Å²) in [6, 6.07) is 0.195. The predicted molar refractivity (Wildman–Crippen MR) is 75.4 cm³/mol. The number of nitrogens with zero attached hydrogens (tertiary/aromatic N) is 2. The number of aliphatic carboxylic acids is 1. The smallest absolute Gasteiger partial charge is 0.303 e. The zero-order chi connectivity index (χ0) is 14.1. The van der Waals surface area contributed by atoms with E-state index in [-0.39, 0.29) is 25.0 Å². The molecule has 0 bridgehead atoms. The molecule has 0 radical (unpaired) electrons. The first-order valence-electron chi connectivity index (χ1n) is 7.27. The maximum absolute atomic E-state index is 11.0. The van der Waals surface area contributed by atoms with Gasteiger partial charge in [-0.3, -0.25) is 9.79 Å². The summed E-state index contributed by atoms with van der Waals surface area (Å²) >= 11 is 0. The lowest BCUT2D eigenvalue weighted by molar-refractivity contribution is -0.138. The van der Waals surface area contributed by atoms with Crippen LogP contribution in [0.3, 0.4) is 0 Å². The van der Waals surface area contributed by atoms with Crippen molar-refractivity contribution in [2.75, 3.05) is 19.7 Å². The van der Waals surface area contributed by atoms with Crippen molar-refractivity contribution in [2.24, 2.45) is 10.9 Å². The van der Waals surface area contributed by atoms with Crippen molar-refractivity contribution in [2.45, 2.75) is 51.5 Å². The molecule has 19 heavy (non-hydrogen) atoms. The SMILES string of the molecule is CCCCC[C@H]([C@@H](CCO)CC(=O)O)N1C=NCC1. The molecule has 2 atom stereocenters. The molecule has 0 amide bonds. The molecule has 0 spiro atoms. The van der Waals surface area contributed by atoms with Crippen LogP contribution in [0.4, 0.5) is 0 Å². The zero-order valence-corrected chi connectivity index (χ0v) is 11.8. The van der Waals surface area contributed by atoms with Gasteiger partial charge in [0.2, 0.25) is 0 Å². The van der Waals surface area contributed by atoms with Crippen LogP contribution in [0.25, 0.3) is 0 Å². The number of aliphatic hydroxyl groups is 1. The summed E-state index contributed by atoms with van der Waals surface area (Å²) in [6.07, 6.45) is 6.94. The Morgan fingerprint density at radius 3 is 2.74 bits per heavy atom. The Hall–Kier alpha value is -1.10. The van der Waals surface area contributed by atoms with Gasteiger partial charge in [0.1, 0.15) is 0 Å². The lowest BCUT2D eigenvalue weighted by Crippen LogP contribution is -2.40. The molecule has 1 rings (SSSR count). The second-order valence-corrected chi connectivity index (χ2v) is 5.19. The van der Waals surface area contributed by atoms with Gasteiger partial charge < -0.3 is 15.1 Å². The molecule has 0 saturated carbocycles. The van der Waals surface area contributed by atoms with Crippen LogP contribution in [0, 0.1) is 5.92 Å². The molecular weight excluding hydrogens is 244 g/mol. The molecule has 110 valence electrons. The summed E-state index contributed by atoms with van der Waals surface area (Å²) in [5, 5.41) is 18.2. The van der Waals surface area contributed by atoms with Crippen LogP contribution in [-0.4, -0.2) is 53.2 Å². The molecule has 0 aromatic heterocycles. The third kappa shape index (κ3) is 5.59. The van der Waals surface area contributed by atoms with E-state index in [2.05, 4.69) is 16.8 Å². The standard InChI is InChI=1S/C14H26N2O3/c1-2-3-4-5-13(16-8-7-15-11-16)12(6-9-17)10-14(18)19/h11-13,17H,2-10H2,1H3,(H,18,19)/t12-,13+/m0/s1. The normalized spacial score (nSPS) is 17.7. The summed E-state index contributed by atoms with van der Waals surface area (Å²) in [5.41, 5.74) is 0. The molecule has 5 heteroatoms. The van der Waals surface area contributed by atoms with Crippen molar-refractivity contribution < 1.29 is 15.0 Å². The summed E-state index contributed by atoms with van der Waals surface area (Å²) in [6.45, 7) is 3.88. The Balaban J connectivity index is 2.65. The second kappa shape index (κ2) is 8.91. The molecule has 0 aromatic rings. The minimum absolute atomic E-state index is 0.00362. The van der Waals surface area contributed by atoms with E-state index in [0.717, 1.165) is 32.4 Å².